The molecule has 1 heterocycles. The first-order chi connectivity index (χ1) is 5.77. The van der Waals surface area contributed by atoms with Crippen molar-refractivity contribution in [1.29, 1.82) is 0 Å². The number of aromatic nitrogens is 2. The van der Waals surface area contributed by atoms with Crippen LogP contribution in [0.2, 0.25) is 0 Å². The minimum absolute atomic E-state index is 0.207. The van der Waals surface area contributed by atoms with Crippen molar-refractivity contribution in [2.24, 2.45) is 5.92 Å². The summed E-state index contributed by atoms with van der Waals surface area (Å²) >= 11 is 0. The van der Waals surface area contributed by atoms with E-state index in [1.54, 1.807) is 12.3 Å². The average molecular weight is 162 g/mol. The fourth-order valence-electron chi connectivity index (χ4n) is 1.59. The molecule has 1 aliphatic rings. The van der Waals surface area contributed by atoms with Crippen LogP contribution in [-0.2, 0) is 6.42 Å². The van der Waals surface area contributed by atoms with Gasteiger partial charge < -0.3 is 0 Å². The normalized spacial score (nSPS) is 22.1. The third kappa shape index (κ3) is 1.11. The van der Waals surface area contributed by atoms with E-state index in [-0.39, 0.29) is 5.78 Å². The number of rotatable bonds is 0. The molecule has 0 aliphatic heterocycles. The highest BCUT2D eigenvalue weighted by atomic mass is 16.1. The first-order valence-electron chi connectivity index (χ1n) is 4.11. The monoisotopic (exact) mass is 162 g/mol. The van der Waals surface area contributed by atoms with Crippen molar-refractivity contribution >= 4 is 5.78 Å². The van der Waals surface area contributed by atoms with Gasteiger partial charge in [-0.1, -0.05) is 6.92 Å². The third-order valence-electron chi connectivity index (χ3n) is 2.17. The lowest BCUT2D eigenvalue weighted by atomic mass is 9.88. The van der Waals surface area contributed by atoms with E-state index in [1.807, 2.05) is 0 Å². The number of carbonyl (C=O) groups is 1. The van der Waals surface area contributed by atoms with Gasteiger partial charge in [-0.05, 0) is 18.4 Å². The van der Waals surface area contributed by atoms with E-state index >= 15 is 0 Å². The minimum Gasteiger partial charge on any atom is -0.294 e. The molecule has 1 atom stereocenters. The maximum atomic E-state index is 11.4. The van der Waals surface area contributed by atoms with Crippen molar-refractivity contribution in [1.82, 2.24) is 10.2 Å². The maximum absolute atomic E-state index is 11.4. The Morgan fingerprint density at radius 2 is 2.33 bits per heavy atom. The lowest BCUT2D eigenvalue weighted by molar-refractivity contribution is 0.0951. The van der Waals surface area contributed by atoms with Gasteiger partial charge >= 0.3 is 0 Å². The Balaban J connectivity index is 2.47. The molecule has 1 aromatic heterocycles. The molecule has 0 N–H and O–H groups in total. The number of hydrogen-bond acceptors (Lipinski definition) is 3. The molecule has 0 spiro atoms. The number of hydrogen-bond donors (Lipinski definition) is 0. The van der Waals surface area contributed by atoms with Crippen LogP contribution in [0, 0.1) is 5.92 Å². The highest BCUT2D eigenvalue weighted by Crippen LogP contribution is 2.22. The van der Waals surface area contributed by atoms with E-state index in [2.05, 4.69) is 17.1 Å². The molecule has 62 valence electrons. The predicted molar refractivity (Wildman–Crippen MR) is 43.8 cm³/mol. The number of fused-ring (bicyclic) bond motifs is 1. The van der Waals surface area contributed by atoms with Crippen molar-refractivity contribution in [3.63, 3.8) is 0 Å². The zero-order valence-corrected chi connectivity index (χ0v) is 6.95. The highest BCUT2D eigenvalue weighted by molar-refractivity contribution is 5.98. The van der Waals surface area contributed by atoms with Gasteiger partial charge in [-0.25, -0.2) is 0 Å². The van der Waals surface area contributed by atoms with E-state index in [0.717, 1.165) is 17.7 Å². The molecule has 3 nitrogen and oxygen atoms in total. The highest BCUT2D eigenvalue weighted by Gasteiger charge is 2.22. The molecule has 0 aromatic carbocycles. The fourth-order valence-corrected chi connectivity index (χ4v) is 1.59. The molecule has 0 amide bonds. The number of Topliss-reactive ketones (excluding diaryl/α,β-unsaturated/α-hetero) is 1. The summed E-state index contributed by atoms with van der Waals surface area (Å²) in [5, 5.41) is 7.71. The predicted octanol–water partition coefficient (Wildman–Crippen LogP) is 1.24. The SMILES string of the molecule is CC1CC(=O)c2ccnnc2C1. The Morgan fingerprint density at radius 1 is 1.50 bits per heavy atom. The minimum atomic E-state index is 0.207. The van der Waals surface area contributed by atoms with Crippen LogP contribution in [0.1, 0.15) is 29.4 Å². The van der Waals surface area contributed by atoms with Gasteiger partial charge in [0.15, 0.2) is 5.78 Å². The van der Waals surface area contributed by atoms with Crippen LogP contribution in [0.4, 0.5) is 0 Å². The summed E-state index contributed by atoms with van der Waals surface area (Å²) in [5.41, 5.74) is 1.63. The molecule has 3 heteroatoms. The third-order valence-corrected chi connectivity index (χ3v) is 2.17. The zero-order chi connectivity index (χ0) is 8.55. The molecule has 2 rings (SSSR count). The van der Waals surface area contributed by atoms with Crippen molar-refractivity contribution in [2.45, 2.75) is 19.8 Å². The van der Waals surface area contributed by atoms with Gasteiger partial charge in [0.25, 0.3) is 0 Å². The summed E-state index contributed by atoms with van der Waals surface area (Å²) < 4.78 is 0. The van der Waals surface area contributed by atoms with Crippen LogP contribution in [0.5, 0.6) is 0 Å². The van der Waals surface area contributed by atoms with E-state index in [4.69, 9.17) is 0 Å². The molecule has 0 saturated carbocycles. The van der Waals surface area contributed by atoms with Gasteiger partial charge in [0.05, 0.1) is 11.9 Å². The second-order valence-corrected chi connectivity index (χ2v) is 3.33. The average Bonchev–Trinajstić information content (AvgIpc) is 2.04. The van der Waals surface area contributed by atoms with E-state index in [1.165, 1.54) is 0 Å². The Labute approximate surface area is 70.8 Å². The Hall–Kier alpha value is -1.25. The lowest BCUT2D eigenvalue weighted by Gasteiger charge is -2.17. The Morgan fingerprint density at radius 3 is 3.17 bits per heavy atom. The number of nitrogens with zero attached hydrogens (tertiary/aromatic N) is 2. The fraction of sp³-hybridized carbons (Fsp3) is 0.444. The summed E-state index contributed by atoms with van der Waals surface area (Å²) in [6.07, 6.45) is 3.11. The number of carbonyl (C=O) groups excluding carboxylic acids is 1. The quantitative estimate of drug-likeness (QED) is 0.576. The molecule has 1 aromatic rings. The molecular formula is C9H10N2O. The molecule has 0 radical (unpaired) electrons. The van der Waals surface area contributed by atoms with Crippen molar-refractivity contribution < 1.29 is 4.79 Å². The first-order valence-corrected chi connectivity index (χ1v) is 4.11. The smallest absolute Gasteiger partial charge is 0.165 e. The maximum Gasteiger partial charge on any atom is 0.165 e. The molecule has 0 fully saturated rings. The van der Waals surface area contributed by atoms with Gasteiger partial charge in [0.1, 0.15) is 0 Å². The molecular weight excluding hydrogens is 152 g/mol. The largest absolute Gasteiger partial charge is 0.294 e. The summed E-state index contributed by atoms with van der Waals surface area (Å²) in [7, 11) is 0. The van der Waals surface area contributed by atoms with Gasteiger partial charge in [-0.15, -0.1) is 0 Å². The van der Waals surface area contributed by atoms with Crippen LogP contribution in [0.15, 0.2) is 12.3 Å². The van der Waals surface area contributed by atoms with E-state index in [0.29, 0.717) is 12.3 Å². The summed E-state index contributed by atoms with van der Waals surface area (Å²) in [5.74, 6) is 0.625. The standard InChI is InChI=1S/C9H10N2O/c1-6-4-8-7(9(12)5-6)2-3-10-11-8/h2-3,6H,4-5H2,1H3. The summed E-state index contributed by atoms with van der Waals surface area (Å²) in [4.78, 5) is 11.4. The number of ketones is 1. The van der Waals surface area contributed by atoms with Gasteiger partial charge in [0, 0.05) is 12.0 Å². The van der Waals surface area contributed by atoms with Gasteiger partial charge in [-0.2, -0.15) is 10.2 Å². The van der Waals surface area contributed by atoms with Crippen LogP contribution < -0.4 is 0 Å². The molecule has 1 aliphatic carbocycles. The van der Waals surface area contributed by atoms with Gasteiger partial charge in [0.2, 0.25) is 0 Å². The second kappa shape index (κ2) is 2.66. The van der Waals surface area contributed by atoms with E-state index in [9.17, 15) is 4.79 Å². The molecule has 1 unspecified atom stereocenters. The van der Waals surface area contributed by atoms with Gasteiger partial charge in [-0.3, -0.25) is 4.79 Å². The topological polar surface area (TPSA) is 42.9 Å². The Bertz CT molecular complexity index is 322. The zero-order valence-electron chi connectivity index (χ0n) is 6.95. The summed E-state index contributed by atoms with van der Waals surface area (Å²) in [6, 6.07) is 1.76. The van der Waals surface area contributed by atoms with Crippen LogP contribution in [-0.4, -0.2) is 16.0 Å². The summed E-state index contributed by atoms with van der Waals surface area (Å²) in [6.45, 7) is 2.06. The van der Waals surface area contributed by atoms with Crippen molar-refractivity contribution in [2.75, 3.05) is 0 Å². The van der Waals surface area contributed by atoms with Crippen LogP contribution >= 0.6 is 0 Å². The Kier molecular flexibility index (Phi) is 1.64. The lowest BCUT2D eigenvalue weighted by Crippen LogP contribution is -2.19. The van der Waals surface area contributed by atoms with Crippen molar-refractivity contribution in [3.05, 3.63) is 23.5 Å². The molecule has 0 bridgehead atoms. The van der Waals surface area contributed by atoms with Crippen LogP contribution in [0.25, 0.3) is 0 Å². The van der Waals surface area contributed by atoms with E-state index < -0.39 is 0 Å². The van der Waals surface area contributed by atoms with Crippen LogP contribution in [0.3, 0.4) is 0 Å². The first kappa shape index (κ1) is 7.40. The second-order valence-electron chi connectivity index (χ2n) is 3.33. The molecule has 0 saturated heterocycles. The van der Waals surface area contributed by atoms with Crippen molar-refractivity contribution in [3.8, 4) is 0 Å². The molecule has 12 heavy (non-hydrogen) atoms.